The second kappa shape index (κ2) is 5.83. The molecule has 0 amide bonds. The summed E-state index contributed by atoms with van der Waals surface area (Å²) >= 11 is 6.35. The average molecular weight is 347 g/mol. The lowest BCUT2D eigenvalue weighted by Crippen LogP contribution is -2.12. The van der Waals surface area contributed by atoms with Crippen LogP contribution in [0, 0.1) is 6.92 Å². The molecule has 4 nitrogen and oxygen atoms in total. The number of fused-ring (bicyclic) bond motifs is 1. The molecule has 3 aromatic rings. The van der Waals surface area contributed by atoms with E-state index in [0.717, 1.165) is 15.1 Å². The highest BCUT2D eigenvalue weighted by molar-refractivity contribution is 7.90. The van der Waals surface area contributed by atoms with Crippen LogP contribution in [0.15, 0.2) is 60.3 Å². The summed E-state index contributed by atoms with van der Waals surface area (Å²) in [5.74, 6) is 0. The van der Waals surface area contributed by atoms with Gasteiger partial charge in [0.15, 0.2) is 5.65 Å². The molecule has 1 aromatic carbocycles. The van der Waals surface area contributed by atoms with Crippen LogP contribution in [0.2, 0.25) is 5.02 Å². The first-order chi connectivity index (χ1) is 10.9. The van der Waals surface area contributed by atoms with Gasteiger partial charge in [0.1, 0.15) is 0 Å². The molecule has 0 aliphatic rings. The van der Waals surface area contributed by atoms with Crippen LogP contribution in [-0.2, 0) is 16.4 Å². The fourth-order valence-corrected chi connectivity index (χ4v) is 3.96. The van der Waals surface area contributed by atoms with E-state index in [1.807, 2.05) is 6.92 Å². The molecule has 0 aliphatic carbocycles. The predicted octanol–water partition coefficient (Wildman–Crippen LogP) is 3.96. The van der Waals surface area contributed by atoms with E-state index in [-0.39, 0.29) is 4.90 Å². The number of hydrogen-bond acceptors (Lipinski definition) is 3. The minimum Gasteiger partial charge on any atom is -0.237 e. The minimum atomic E-state index is -3.71. The van der Waals surface area contributed by atoms with Gasteiger partial charge in [-0.3, -0.25) is 0 Å². The Kier molecular flexibility index (Phi) is 4.00. The molecule has 3 rings (SSSR count). The van der Waals surface area contributed by atoms with Crippen molar-refractivity contribution in [2.75, 3.05) is 0 Å². The first-order valence-corrected chi connectivity index (χ1v) is 8.84. The van der Waals surface area contributed by atoms with Crippen molar-refractivity contribution in [1.29, 1.82) is 0 Å². The summed E-state index contributed by atoms with van der Waals surface area (Å²) in [5.41, 5.74) is 2.14. The molecule has 0 saturated heterocycles. The molecule has 2 heterocycles. The summed E-state index contributed by atoms with van der Waals surface area (Å²) < 4.78 is 26.8. The summed E-state index contributed by atoms with van der Waals surface area (Å²) in [6.45, 7) is 5.59. The Hall–Kier alpha value is -2.11. The number of rotatable bonds is 4. The Morgan fingerprint density at radius 1 is 1.26 bits per heavy atom. The number of hydrogen-bond donors (Lipinski definition) is 0. The molecule has 0 fully saturated rings. The van der Waals surface area contributed by atoms with E-state index in [0.29, 0.717) is 22.5 Å². The van der Waals surface area contributed by atoms with Crippen LogP contribution in [0.5, 0.6) is 0 Å². The van der Waals surface area contributed by atoms with Crippen molar-refractivity contribution in [1.82, 2.24) is 8.96 Å². The average Bonchev–Trinajstić information content (AvgIpc) is 2.96. The second-order valence-corrected chi connectivity index (χ2v) is 7.45. The zero-order valence-corrected chi connectivity index (χ0v) is 14.1. The maximum absolute atomic E-state index is 12.8. The van der Waals surface area contributed by atoms with Crippen molar-refractivity contribution in [3.05, 3.63) is 71.5 Å². The van der Waals surface area contributed by atoms with E-state index in [1.165, 1.54) is 6.20 Å². The van der Waals surface area contributed by atoms with Crippen LogP contribution in [0.1, 0.15) is 11.1 Å². The van der Waals surface area contributed by atoms with Crippen molar-refractivity contribution in [3.63, 3.8) is 0 Å². The lowest BCUT2D eigenvalue weighted by atomic mass is 10.2. The summed E-state index contributed by atoms with van der Waals surface area (Å²) in [4.78, 5) is 4.50. The second-order valence-electron chi connectivity index (χ2n) is 5.26. The highest BCUT2D eigenvalue weighted by Crippen LogP contribution is 2.29. The van der Waals surface area contributed by atoms with Gasteiger partial charge in [0.2, 0.25) is 0 Å². The number of aryl methyl sites for hydroxylation is 1. The number of halogens is 1. The number of aromatic nitrogens is 2. The minimum absolute atomic E-state index is 0.216. The van der Waals surface area contributed by atoms with Gasteiger partial charge in [0.25, 0.3) is 10.0 Å². The molecule has 0 saturated carbocycles. The molecular formula is C17H15ClN2O2S. The summed E-state index contributed by atoms with van der Waals surface area (Å²) in [6.07, 6.45) is 5.39. The molecule has 0 atom stereocenters. The summed E-state index contributed by atoms with van der Waals surface area (Å²) in [6, 6.07) is 8.37. The number of allylic oxidation sites excluding steroid dienone is 1. The van der Waals surface area contributed by atoms with Gasteiger partial charge in [-0.1, -0.05) is 35.4 Å². The standard InChI is InChI=1S/C17H15ClN2O2S/c1-3-4-13-11-19-17-15(16(13)18)9-10-20(17)23(21,22)14-7-5-12(2)6-8-14/h3,5-11H,1,4H2,2H3. The van der Waals surface area contributed by atoms with Gasteiger partial charge in [-0.2, -0.15) is 0 Å². The quantitative estimate of drug-likeness (QED) is 0.672. The predicted molar refractivity (Wildman–Crippen MR) is 92.4 cm³/mol. The molecule has 0 aliphatic heterocycles. The van der Waals surface area contributed by atoms with Gasteiger partial charge in [0, 0.05) is 17.8 Å². The fraction of sp³-hybridized carbons (Fsp3) is 0.118. The largest absolute Gasteiger partial charge is 0.269 e. The number of benzene rings is 1. The van der Waals surface area contributed by atoms with Crippen LogP contribution in [0.4, 0.5) is 0 Å². The molecule has 0 spiro atoms. The Balaban J connectivity index is 2.19. The van der Waals surface area contributed by atoms with Crippen LogP contribution in [0.25, 0.3) is 11.0 Å². The molecule has 0 unspecified atom stereocenters. The van der Waals surface area contributed by atoms with Crippen LogP contribution < -0.4 is 0 Å². The topological polar surface area (TPSA) is 52.0 Å². The molecule has 0 radical (unpaired) electrons. The van der Waals surface area contributed by atoms with Crippen molar-refractivity contribution in [2.24, 2.45) is 0 Å². The summed E-state index contributed by atoms with van der Waals surface area (Å²) in [5, 5.41) is 1.12. The Bertz CT molecular complexity index is 989. The van der Waals surface area contributed by atoms with Crippen molar-refractivity contribution in [3.8, 4) is 0 Å². The fourth-order valence-electron chi connectivity index (χ4n) is 2.39. The van der Waals surface area contributed by atoms with Crippen LogP contribution in [0.3, 0.4) is 0 Å². The van der Waals surface area contributed by atoms with E-state index in [4.69, 9.17) is 11.6 Å². The van der Waals surface area contributed by atoms with Gasteiger partial charge < -0.3 is 0 Å². The number of pyridine rings is 1. The first-order valence-electron chi connectivity index (χ1n) is 7.02. The van der Waals surface area contributed by atoms with Gasteiger partial charge in [0.05, 0.1) is 9.92 Å². The van der Waals surface area contributed by atoms with Gasteiger partial charge >= 0.3 is 0 Å². The van der Waals surface area contributed by atoms with E-state index in [2.05, 4.69) is 11.6 Å². The number of nitrogens with zero attached hydrogens (tertiary/aromatic N) is 2. The Morgan fingerprint density at radius 3 is 2.61 bits per heavy atom. The van der Waals surface area contributed by atoms with E-state index < -0.39 is 10.0 Å². The van der Waals surface area contributed by atoms with Gasteiger partial charge in [-0.15, -0.1) is 6.58 Å². The molecule has 0 bridgehead atoms. The van der Waals surface area contributed by atoms with Crippen LogP contribution in [-0.4, -0.2) is 17.4 Å². The molecule has 118 valence electrons. The van der Waals surface area contributed by atoms with E-state index in [1.54, 1.807) is 42.6 Å². The third-order valence-corrected chi connectivity index (χ3v) is 5.76. The first kappa shape index (κ1) is 15.8. The normalized spacial score (nSPS) is 11.7. The molecular weight excluding hydrogens is 332 g/mol. The highest BCUT2D eigenvalue weighted by Gasteiger charge is 2.21. The molecule has 2 aromatic heterocycles. The van der Waals surface area contributed by atoms with E-state index in [9.17, 15) is 8.42 Å². The zero-order chi connectivity index (χ0) is 16.6. The van der Waals surface area contributed by atoms with Crippen molar-refractivity contribution < 1.29 is 8.42 Å². The molecule has 6 heteroatoms. The van der Waals surface area contributed by atoms with Crippen molar-refractivity contribution >= 4 is 32.7 Å². The lowest BCUT2D eigenvalue weighted by molar-refractivity contribution is 0.588. The van der Waals surface area contributed by atoms with Crippen molar-refractivity contribution in [2.45, 2.75) is 18.2 Å². The Morgan fingerprint density at radius 2 is 1.96 bits per heavy atom. The smallest absolute Gasteiger partial charge is 0.237 e. The maximum Gasteiger partial charge on any atom is 0.269 e. The Labute approximate surface area is 140 Å². The van der Waals surface area contributed by atoms with Gasteiger partial charge in [-0.05, 0) is 37.1 Å². The molecule has 0 N–H and O–H groups in total. The summed E-state index contributed by atoms with van der Waals surface area (Å²) in [7, 11) is -3.71. The van der Waals surface area contributed by atoms with Crippen LogP contribution >= 0.6 is 11.6 Å². The highest BCUT2D eigenvalue weighted by atomic mass is 35.5. The van der Waals surface area contributed by atoms with Gasteiger partial charge in [-0.25, -0.2) is 17.4 Å². The monoisotopic (exact) mass is 346 g/mol. The lowest BCUT2D eigenvalue weighted by Gasteiger charge is -2.08. The molecule has 23 heavy (non-hydrogen) atoms. The maximum atomic E-state index is 12.8. The van der Waals surface area contributed by atoms with E-state index >= 15 is 0 Å². The third-order valence-electron chi connectivity index (χ3n) is 3.63. The third kappa shape index (κ3) is 2.66. The SMILES string of the molecule is C=CCc1cnc2c(ccn2S(=O)(=O)c2ccc(C)cc2)c1Cl. The zero-order valence-electron chi connectivity index (χ0n) is 12.5.